The quantitative estimate of drug-likeness (QED) is 0.839. The third-order valence-corrected chi connectivity index (χ3v) is 3.78. The standard InChI is InChI=1S/C8H12BrN3O2S/c1-2-15(14)4-3-10-7-6(9)8(13)12-5-11-7/h5H,2-4H2,1H3,(H2,10,11,12,13). The predicted octanol–water partition coefficient (Wildman–Crippen LogP) is 0.713. The molecule has 1 aromatic rings. The van der Waals surface area contributed by atoms with Gasteiger partial charge in [0.2, 0.25) is 0 Å². The number of rotatable bonds is 5. The van der Waals surface area contributed by atoms with Crippen LogP contribution in [0.25, 0.3) is 0 Å². The zero-order valence-electron chi connectivity index (χ0n) is 8.25. The summed E-state index contributed by atoms with van der Waals surface area (Å²) in [5, 5.41) is 2.95. The van der Waals surface area contributed by atoms with Crippen molar-refractivity contribution in [2.45, 2.75) is 6.92 Å². The third-order valence-electron chi connectivity index (χ3n) is 1.74. The highest BCUT2D eigenvalue weighted by Gasteiger charge is 2.04. The summed E-state index contributed by atoms with van der Waals surface area (Å²) in [6.45, 7) is 2.41. The van der Waals surface area contributed by atoms with Crippen LogP contribution in [0.2, 0.25) is 0 Å². The molecule has 0 aromatic carbocycles. The minimum absolute atomic E-state index is 0.232. The Morgan fingerprint density at radius 3 is 3.07 bits per heavy atom. The monoisotopic (exact) mass is 293 g/mol. The van der Waals surface area contributed by atoms with Gasteiger partial charge < -0.3 is 10.3 Å². The number of hydrogen-bond acceptors (Lipinski definition) is 4. The molecule has 7 heteroatoms. The number of anilines is 1. The first kappa shape index (κ1) is 12.4. The zero-order valence-corrected chi connectivity index (χ0v) is 10.7. The van der Waals surface area contributed by atoms with E-state index in [4.69, 9.17) is 0 Å². The molecule has 0 aliphatic rings. The summed E-state index contributed by atoms with van der Waals surface area (Å²) in [5.74, 6) is 1.68. The van der Waals surface area contributed by atoms with E-state index in [-0.39, 0.29) is 5.56 Å². The van der Waals surface area contributed by atoms with Gasteiger partial charge in [0, 0.05) is 28.9 Å². The lowest BCUT2D eigenvalue weighted by Crippen LogP contribution is -2.16. The van der Waals surface area contributed by atoms with Gasteiger partial charge in [-0.2, -0.15) is 0 Å². The van der Waals surface area contributed by atoms with Crippen LogP contribution < -0.4 is 10.9 Å². The van der Waals surface area contributed by atoms with Crippen LogP contribution in [0, 0.1) is 0 Å². The number of hydrogen-bond donors (Lipinski definition) is 2. The number of nitrogens with one attached hydrogen (secondary N) is 2. The first-order chi connectivity index (χ1) is 7.15. The van der Waals surface area contributed by atoms with Crippen LogP contribution in [-0.4, -0.2) is 32.2 Å². The summed E-state index contributed by atoms with van der Waals surface area (Å²) < 4.78 is 11.5. The van der Waals surface area contributed by atoms with Gasteiger partial charge in [-0.1, -0.05) is 6.92 Å². The van der Waals surface area contributed by atoms with Gasteiger partial charge in [0.05, 0.1) is 6.33 Å². The minimum atomic E-state index is -0.804. The van der Waals surface area contributed by atoms with Crippen molar-refractivity contribution < 1.29 is 4.21 Å². The molecule has 15 heavy (non-hydrogen) atoms. The largest absolute Gasteiger partial charge is 0.368 e. The van der Waals surface area contributed by atoms with Crippen LogP contribution in [0.5, 0.6) is 0 Å². The highest BCUT2D eigenvalue weighted by molar-refractivity contribution is 9.10. The van der Waals surface area contributed by atoms with Gasteiger partial charge in [-0.25, -0.2) is 4.98 Å². The first-order valence-corrected chi connectivity index (χ1v) is 6.75. The van der Waals surface area contributed by atoms with E-state index in [2.05, 4.69) is 31.2 Å². The lowest BCUT2D eigenvalue weighted by atomic mass is 10.5. The Bertz CT molecular complexity index is 407. The average molecular weight is 294 g/mol. The molecule has 1 atom stereocenters. The molecule has 0 aliphatic heterocycles. The summed E-state index contributed by atoms with van der Waals surface area (Å²) in [4.78, 5) is 17.5. The van der Waals surface area contributed by atoms with E-state index in [0.717, 1.165) is 0 Å². The van der Waals surface area contributed by atoms with Gasteiger partial charge in [0.25, 0.3) is 5.56 Å². The molecule has 0 saturated heterocycles. The molecule has 0 fully saturated rings. The van der Waals surface area contributed by atoms with Gasteiger partial charge in [-0.3, -0.25) is 9.00 Å². The number of aromatic amines is 1. The van der Waals surface area contributed by atoms with Crippen molar-refractivity contribution in [1.29, 1.82) is 0 Å². The first-order valence-electron chi connectivity index (χ1n) is 4.47. The summed E-state index contributed by atoms with van der Waals surface area (Å²) in [7, 11) is -0.804. The molecule has 1 rings (SSSR count). The van der Waals surface area contributed by atoms with Crippen molar-refractivity contribution in [3.8, 4) is 0 Å². The maximum absolute atomic E-state index is 11.2. The van der Waals surface area contributed by atoms with Crippen LogP contribution in [0.4, 0.5) is 5.82 Å². The Balaban J connectivity index is 2.55. The highest BCUT2D eigenvalue weighted by Crippen LogP contribution is 2.12. The van der Waals surface area contributed by atoms with E-state index in [9.17, 15) is 9.00 Å². The fourth-order valence-electron chi connectivity index (χ4n) is 0.934. The summed E-state index contributed by atoms with van der Waals surface area (Å²) >= 11 is 3.12. The van der Waals surface area contributed by atoms with E-state index < -0.39 is 10.8 Å². The second-order valence-electron chi connectivity index (χ2n) is 2.75. The molecule has 84 valence electrons. The smallest absolute Gasteiger partial charge is 0.267 e. The number of aromatic nitrogens is 2. The van der Waals surface area contributed by atoms with Gasteiger partial charge in [0.1, 0.15) is 10.3 Å². The molecule has 0 aliphatic carbocycles. The summed E-state index contributed by atoms with van der Waals surface area (Å²) in [5.41, 5.74) is -0.232. The Kier molecular flexibility index (Phi) is 4.97. The SMILES string of the molecule is CCS(=O)CCNc1nc[nH]c(=O)c1Br. The van der Waals surface area contributed by atoms with Gasteiger partial charge >= 0.3 is 0 Å². The molecule has 1 unspecified atom stereocenters. The van der Waals surface area contributed by atoms with Crippen molar-refractivity contribution in [2.75, 3.05) is 23.4 Å². The number of H-pyrrole nitrogens is 1. The molecular weight excluding hydrogens is 282 g/mol. The Morgan fingerprint density at radius 2 is 2.40 bits per heavy atom. The van der Waals surface area contributed by atoms with E-state index in [1.165, 1.54) is 6.33 Å². The Hall–Kier alpha value is -0.690. The van der Waals surface area contributed by atoms with Crippen molar-refractivity contribution in [3.63, 3.8) is 0 Å². The van der Waals surface area contributed by atoms with Crippen molar-refractivity contribution in [3.05, 3.63) is 21.2 Å². The normalized spacial score (nSPS) is 12.4. The van der Waals surface area contributed by atoms with Crippen LogP contribution >= 0.6 is 15.9 Å². The highest BCUT2D eigenvalue weighted by atomic mass is 79.9. The molecular formula is C8H12BrN3O2S. The van der Waals surface area contributed by atoms with Crippen LogP contribution in [0.15, 0.2) is 15.6 Å². The summed E-state index contributed by atoms with van der Waals surface area (Å²) in [6, 6.07) is 0. The van der Waals surface area contributed by atoms with Crippen molar-refractivity contribution in [1.82, 2.24) is 9.97 Å². The Morgan fingerprint density at radius 1 is 1.67 bits per heavy atom. The fourth-order valence-corrected chi connectivity index (χ4v) is 1.91. The molecule has 0 spiro atoms. The second-order valence-corrected chi connectivity index (χ2v) is 5.41. The molecule has 0 saturated carbocycles. The van der Waals surface area contributed by atoms with E-state index in [1.54, 1.807) is 0 Å². The molecule has 1 aromatic heterocycles. The minimum Gasteiger partial charge on any atom is -0.368 e. The Labute approximate surface area is 98.3 Å². The zero-order chi connectivity index (χ0) is 11.3. The van der Waals surface area contributed by atoms with Gasteiger partial charge in [0.15, 0.2) is 0 Å². The van der Waals surface area contributed by atoms with Gasteiger partial charge in [-0.05, 0) is 15.9 Å². The van der Waals surface area contributed by atoms with Crippen LogP contribution in [-0.2, 0) is 10.8 Å². The number of halogens is 1. The van der Waals surface area contributed by atoms with Crippen LogP contribution in [0.1, 0.15) is 6.92 Å². The molecule has 1 heterocycles. The van der Waals surface area contributed by atoms with E-state index in [1.807, 2.05) is 6.92 Å². The second kappa shape index (κ2) is 6.02. The average Bonchev–Trinajstić information content (AvgIpc) is 2.24. The number of nitrogens with zero attached hydrogens (tertiary/aromatic N) is 1. The topological polar surface area (TPSA) is 74.8 Å². The van der Waals surface area contributed by atoms with Crippen molar-refractivity contribution >= 4 is 32.5 Å². The third kappa shape index (κ3) is 3.75. The van der Waals surface area contributed by atoms with Crippen LogP contribution in [0.3, 0.4) is 0 Å². The van der Waals surface area contributed by atoms with Gasteiger partial charge in [-0.15, -0.1) is 0 Å². The molecule has 2 N–H and O–H groups in total. The lowest BCUT2D eigenvalue weighted by molar-refractivity contribution is 0.684. The molecule has 5 nitrogen and oxygen atoms in total. The molecule has 0 radical (unpaired) electrons. The molecule has 0 bridgehead atoms. The predicted molar refractivity (Wildman–Crippen MR) is 64.6 cm³/mol. The maximum atomic E-state index is 11.2. The molecule has 0 amide bonds. The fraction of sp³-hybridized carbons (Fsp3) is 0.500. The van der Waals surface area contributed by atoms with E-state index in [0.29, 0.717) is 28.3 Å². The maximum Gasteiger partial charge on any atom is 0.267 e. The van der Waals surface area contributed by atoms with E-state index >= 15 is 0 Å². The summed E-state index contributed by atoms with van der Waals surface area (Å²) in [6.07, 6.45) is 1.33. The lowest BCUT2D eigenvalue weighted by Gasteiger charge is -2.05. The van der Waals surface area contributed by atoms with Crippen molar-refractivity contribution in [2.24, 2.45) is 0 Å².